The van der Waals surface area contributed by atoms with E-state index in [2.05, 4.69) is 18.0 Å². The Morgan fingerprint density at radius 3 is 2.61 bits per heavy atom. The van der Waals surface area contributed by atoms with E-state index in [0.717, 1.165) is 23.7 Å². The zero-order chi connectivity index (χ0) is 13.0. The first-order chi connectivity index (χ1) is 8.72. The average Bonchev–Trinajstić information content (AvgIpc) is 2.90. The van der Waals surface area contributed by atoms with Gasteiger partial charge in [-0.3, -0.25) is 4.79 Å². The average molecular weight is 245 g/mol. The van der Waals surface area contributed by atoms with Crippen LogP contribution < -0.4 is 4.90 Å². The van der Waals surface area contributed by atoms with Crippen LogP contribution in [0.1, 0.15) is 49.4 Å². The van der Waals surface area contributed by atoms with Crippen molar-refractivity contribution >= 4 is 11.5 Å². The number of hydrogen-bond donors (Lipinski definition) is 0. The fourth-order valence-corrected chi connectivity index (χ4v) is 2.91. The Bertz CT molecular complexity index is 407. The first-order valence-electron chi connectivity index (χ1n) is 7.05. The molecule has 1 aliphatic rings. The lowest BCUT2D eigenvalue weighted by Gasteiger charge is -2.25. The van der Waals surface area contributed by atoms with Crippen LogP contribution in [0.5, 0.6) is 0 Å². The third-order valence-electron chi connectivity index (χ3n) is 3.94. The van der Waals surface area contributed by atoms with Crippen LogP contribution in [0.25, 0.3) is 0 Å². The molecule has 1 aliphatic carbocycles. The number of para-hydroxylation sites is 1. The molecule has 0 saturated heterocycles. The molecular formula is C16H23NO. The van der Waals surface area contributed by atoms with Crippen LogP contribution in [-0.4, -0.2) is 19.4 Å². The van der Waals surface area contributed by atoms with E-state index in [4.69, 9.17) is 0 Å². The summed E-state index contributed by atoms with van der Waals surface area (Å²) in [6.07, 6.45) is 6.00. The lowest BCUT2D eigenvalue weighted by atomic mass is 10.0. The monoisotopic (exact) mass is 245 g/mol. The summed E-state index contributed by atoms with van der Waals surface area (Å²) < 4.78 is 0. The third kappa shape index (κ3) is 2.92. The highest BCUT2D eigenvalue weighted by Gasteiger charge is 2.19. The van der Waals surface area contributed by atoms with Crippen molar-refractivity contribution in [2.45, 2.75) is 39.0 Å². The number of ketones is 1. The van der Waals surface area contributed by atoms with Crippen molar-refractivity contribution in [3.05, 3.63) is 29.8 Å². The van der Waals surface area contributed by atoms with E-state index < -0.39 is 0 Å². The predicted molar refractivity (Wildman–Crippen MR) is 76.3 cm³/mol. The highest BCUT2D eigenvalue weighted by molar-refractivity contribution is 6.01. The molecule has 0 spiro atoms. The molecule has 0 amide bonds. The van der Waals surface area contributed by atoms with Gasteiger partial charge in [-0.25, -0.2) is 0 Å². The van der Waals surface area contributed by atoms with Crippen molar-refractivity contribution in [3.8, 4) is 0 Å². The molecule has 0 atom stereocenters. The number of anilines is 1. The van der Waals surface area contributed by atoms with Crippen molar-refractivity contribution in [2.75, 3.05) is 18.5 Å². The zero-order valence-electron chi connectivity index (χ0n) is 11.5. The Morgan fingerprint density at radius 2 is 1.94 bits per heavy atom. The number of rotatable bonds is 5. The summed E-state index contributed by atoms with van der Waals surface area (Å²) in [5.41, 5.74) is 1.97. The van der Waals surface area contributed by atoms with Gasteiger partial charge in [-0.2, -0.15) is 0 Å². The van der Waals surface area contributed by atoms with Crippen molar-refractivity contribution in [1.82, 2.24) is 0 Å². The van der Waals surface area contributed by atoms with E-state index in [1.165, 1.54) is 25.7 Å². The topological polar surface area (TPSA) is 20.3 Å². The standard InChI is InChI=1S/C16H23NO/c1-3-16(18)14-10-6-7-11-15(14)17(2)12-13-8-4-5-9-13/h6-7,10-11,13H,3-5,8-9,12H2,1-2H3. The lowest BCUT2D eigenvalue weighted by Crippen LogP contribution is -2.25. The van der Waals surface area contributed by atoms with E-state index in [1.807, 2.05) is 25.1 Å². The van der Waals surface area contributed by atoms with Crippen LogP contribution >= 0.6 is 0 Å². The van der Waals surface area contributed by atoms with E-state index in [0.29, 0.717) is 6.42 Å². The maximum atomic E-state index is 11.9. The summed E-state index contributed by atoms with van der Waals surface area (Å²) in [4.78, 5) is 14.2. The number of carbonyl (C=O) groups is 1. The molecule has 0 N–H and O–H groups in total. The van der Waals surface area contributed by atoms with Gasteiger partial charge in [0.2, 0.25) is 0 Å². The fraction of sp³-hybridized carbons (Fsp3) is 0.562. The quantitative estimate of drug-likeness (QED) is 0.733. The number of benzene rings is 1. The molecular weight excluding hydrogens is 222 g/mol. The first kappa shape index (κ1) is 13.1. The normalized spacial score (nSPS) is 15.9. The second-order valence-corrected chi connectivity index (χ2v) is 5.32. The zero-order valence-corrected chi connectivity index (χ0v) is 11.5. The molecule has 1 aromatic rings. The molecule has 2 heteroatoms. The summed E-state index contributed by atoms with van der Waals surface area (Å²) in [6.45, 7) is 3.00. The molecule has 2 nitrogen and oxygen atoms in total. The molecule has 0 bridgehead atoms. The Labute approximate surface area is 110 Å². The van der Waals surface area contributed by atoms with E-state index in [1.54, 1.807) is 0 Å². The molecule has 98 valence electrons. The second-order valence-electron chi connectivity index (χ2n) is 5.32. The minimum atomic E-state index is 0.240. The van der Waals surface area contributed by atoms with Crippen LogP contribution in [-0.2, 0) is 0 Å². The molecule has 0 radical (unpaired) electrons. The minimum absolute atomic E-state index is 0.240. The minimum Gasteiger partial charge on any atom is -0.374 e. The van der Waals surface area contributed by atoms with Gasteiger partial charge in [0.05, 0.1) is 0 Å². The summed E-state index contributed by atoms with van der Waals surface area (Å²) in [7, 11) is 2.11. The van der Waals surface area contributed by atoms with Crippen LogP contribution in [0.2, 0.25) is 0 Å². The van der Waals surface area contributed by atoms with Crippen molar-refractivity contribution < 1.29 is 4.79 Å². The Morgan fingerprint density at radius 1 is 1.28 bits per heavy atom. The number of carbonyl (C=O) groups excluding carboxylic acids is 1. The molecule has 0 aromatic heterocycles. The van der Waals surface area contributed by atoms with Crippen LogP contribution in [0, 0.1) is 5.92 Å². The lowest BCUT2D eigenvalue weighted by molar-refractivity contribution is 0.0988. The number of Topliss-reactive ketones (excluding diaryl/α,β-unsaturated/α-hetero) is 1. The molecule has 2 rings (SSSR count). The molecule has 0 unspecified atom stereocenters. The third-order valence-corrected chi connectivity index (χ3v) is 3.94. The number of nitrogens with zero attached hydrogens (tertiary/aromatic N) is 1. The maximum Gasteiger partial charge on any atom is 0.164 e. The highest BCUT2D eigenvalue weighted by atomic mass is 16.1. The van der Waals surface area contributed by atoms with E-state index in [9.17, 15) is 4.79 Å². The maximum absolute atomic E-state index is 11.9. The molecule has 0 aliphatic heterocycles. The van der Waals surface area contributed by atoms with Crippen molar-refractivity contribution in [3.63, 3.8) is 0 Å². The Kier molecular flexibility index (Phi) is 4.40. The first-order valence-corrected chi connectivity index (χ1v) is 7.05. The Hall–Kier alpha value is -1.31. The van der Waals surface area contributed by atoms with Gasteiger partial charge in [-0.05, 0) is 30.9 Å². The van der Waals surface area contributed by atoms with Crippen molar-refractivity contribution in [2.24, 2.45) is 5.92 Å². The largest absolute Gasteiger partial charge is 0.374 e. The second kappa shape index (κ2) is 6.03. The molecule has 0 heterocycles. The predicted octanol–water partition coefficient (Wildman–Crippen LogP) is 3.91. The van der Waals surface area contributed by atoms with Gasteiger partial charge in [-0.1, -0.05) is 31.9 Å². The van der Waals surface area contributed by atoms with Gasteiger partial charge < -0.3 is 4.90 Å². The van der Waals surface area contributed by atoms with E-state index in [-0.39, 0.29) is 5.78 Å². The fourth-order valence-electron chi connectivity index (χ4n) is 2.91. The molecule has 18 heavy (non-hydrogen) atoms. The summed E-state index contributed by atoms with van der Waals surface area (Å²) in [5.74, 6) is 1.05. The smallest absolute Gasteiger partial charge is 0.164 e. The van der Waals surface area contributed by atoms with Gasteiger partial charge in [0.25, 0.3) is 0 Å². The van der Waals surface area contributed by atoms with Gasteiger partial charge in [0, 0.05) is 31.3 Å². The molecule has 1 fully saturated rings. The summed E-state index contributed by atoms with van der Waals surface area (Å²) in [6, 6.07) is 7.99. The SMILES string of the molecule is CCC(=O)c1ccccc1N(C)CC1CCCC1. The Balaban J connectivity index is 2.13. The van der Waals surface area contributed by atoms with Crippen LogP contribution in [0.4, 0.5) is 5.69 Å². The van der Waals surface area contributed by atoms with Crippen molar-refractivity contribution in [1.29, 1.82) is 0 Å². The van der Waals surface area contributed by atoms with Gasteiger partial charge in [0.1, 0.15) is 0 Å². The van der Waals surface area contributed by atoms with Gasteiger partial charge >= 0.3 is 0 Å². The van der Waals surface area contributed by atoms with Crippen LogP contribution in [0.15, 0.2) is 24.3 Å². The summed E-state index contributed by atoms with van der Waals surface area (Å²) >= 11 is 0. The molecule has 1 aromatic carbocycles. The van der Waals surface area contributed by atoms with Gasteiger partial charge in [-0.15, -0.1) is 0 Å². The summed E-state index contributed by atoms with van der Waals surface area (Å²) in [5, 5.41) is 0. The van der Waals surface area contributed by atoms with Crippen LogP contribution in [0.3, 0.4) is 0 Å². The molecule has 1 saturated carbocycles. The number of hydrogen-bond acceptors (Lipinski definition) is 2. The van der Waals surface area contributed by atoms with E-state index >= 15 is 0 Å². The highest BCUT2D eigenvalue weighted by Crippen LogP contribution is 2.28. The van der Waals surface area contributed by atoms with Gasteiger partial charge in [0.15, 0.2) is 5.78 Å².